The molecule has 6 heteroatoms. The molecule has 0 saturated heterocycles. The molecule has 0 unspecified atom stereocenters. The second-order valence-electron chi connectivity index (χ2n) is 6.07. The van der Waals surface area contributed by atoms with Gasteiger partial charge in [0.1, 0.15) is 0 Å². The Morgan fingerprint density at radius 1 is 1.30 bits per heavy atom. The first-order valence-corrected chi connectivity index (χ1v) is 8.74. The summed E-state index contributed by atoms with van der Waals surface area (Å²) in [6.07, 6.45) is 0.756. The molecule has 0 amide bonds. The van der Waals surface area contributed by atoms with Gasteiger partial charge in [-0.2, -0.15) is 0 Å². The first-order valence-electron chi connectivity index (χ1n) is 6.46. The monoisotopic (exact) mass is 363 g/mol. The van der Waals surface area contributed by atoms with E-state index >= 15 is 0 Å². The molecule has 2 N–H and O–H groups in total. The highest BCUT2D eigenvalue weighted by molar-refractivity contribution is 9.10. The van der Waals surface area contributed by atoms with Crippen LogP contribution in [-0.2, 0) is 16.6 Å². The van der Waals surface area contributed by atoms with Gasteiger partial charge in [-0.25, -0.2) is 13.1 Å². The van der Waals surface area contributed by atoms with Gasteiger partial charge in [-0.05, 0) is 42.0 Å². The van der Waals surface area contributed by atoms with Gasteiger partial charge >= 0.3 is 0 Å². The van der Waals surface area contributed by atoms with E-state index in [2.05, 4.69) is 41.4 Å². The maximum Gasteiger partial charge on any atom is 0.240 e. The molecule has 4 nitrogen and oxygen atoms in total. The quantitative estimate of drug-likeness (QED) is 0.844. The van der Waals surface area contributed by atoms with Crippen LogP contribution in [0.2, 0.25) is 0 Å². The number of halogens is 1. The fourth-order valence-corrected chi connectivity index (χ4v) is 3.70. The number of hydrogen-bond donors (Lipinski definition) is 2. The third-order valence-electron chi connectivity index (χ3n) is 3.00. The van der Waals surface area contributed by atoms with Crippen LogP contribution >= 0.6 is 15.9 Å². The zero-order valence-electron chi connectivity index (χ0n) is 12.3. The molecular formula is C14H22BrNO3S. The Morgan fingerprint density at radius 2 is 1.90 bits per heavy atom. The lowest BCUT2D eigenvalue weighted by atomic mass is 9.93. The average molecular weight is 364 g/mol. The molecule has 0 aromatic heterocycles. The maximum atomic E-state index is 12.3. The third kappa shape index (κ3) is 4.84. The maximum absolute atomic E-state index is 12.3. The van der Waals surface area contributed by atoms with E-state index in [1.165, 1.54) is 6.07 Å². The van der Waals surface area contributed by atoms with Crippen molar-refractivity contribution in [1.82, 2.24) is 4.72 Å². The summed E-state index contributed by atoms with van der Waals surface area (Å²) in [6, 6.07) is 3.24. The highest BCUT2D eigenvalue weighted by atomic mass is 79.9. The van der Waals surface area contributed by atoms with Crippen molar-refractivity contribution in [2.75, 3.05) is 6.54 Å². The van der Waals surface area contributed by atoms with Gasteiger partial charge in [-0.1, -0.05) is 36.7 Å². The van der Waals surface area contributed by atoms with Crippen LogP contribution < -0.4 is 4.72 Å². The van der Waals surface area contributed by atoms with Crippen molar-refractivity contribution in [2.24, 2.45) is 5.41 Å². The van der Waals surface area contributed by atoms with Gasteiger partial charge in [0.05, 0.1) is 11.5 Å². The van der Waals surface area contributed by atoms with E-state index in [1.54, 1.807) is 13.0 Å². The van der Waals surface area contributed by atoms with Crippen LogP contribution in [0.3, 0.4) is 0 Å². The molecular weight excluding hydrogens is 342 g/mol. The summed E-state index contributed by atoms with van der Waals surface area (Å²) in [7, 11) is -3.56. The summed E-state index contributed by atoms with van der Waals surface area (Å²) in [5, 5.41) is 9.19. The fourth-order valence-electron chi connectivity index (χ4n) is 1.72. The van der Waals surface area contributed by atoms with Crippen molar-refractivity contribution in [1.29, 1.82) is 0 Å². The van der Waals surface area contributed by atoms with Crippen molar-refractivity contribution in [3.05, 3.63) is 27.7 Å². The van der Waals surface area contributed by atoms with Gasteiger partial charge in [0, 0.05) is 11.0 Å². The summed E-state index contributed by atoms with van der Waals surface area (Å²) >= 11 is 3.33. The Morgan fingerprint density at radius 3 is 2.40 bits per heavy atom. The van der Waals surface area contributed by atoms with E-state index in [0.717, 1.165) is 6.42 Å². The average Bonchev–Trinajstić information content (AvgIpc) is 2.30. The first kappa shape index (κ1) is 17.6. The van der Waals surface area contributed by atoms with E-state index in [9.17, 15) is 13.5 Å². The standard InChI is InChI=1S/C14H22BrNO3S/c1-10-12(15)7-11(9-17)8-13(10)20(18,19)16-6-5-14(2,3)4/h7-8,16-17H,5-6,9H2,1-4H3. The van der Waals surface area contributed by atoms with Gasteiger partial charge in [-0.15, -0.1) is 0 Å². The molecule has 0 aliphatic carbocycles. The minimum atomic E-state index is -3.56. The molecule has 0 bridgehead atoms. The Hall–Kier alpha value is -0.430. The third-order valence-corrected chi connectivity index (χ3v) is 5.41. The minimum Gasteiger partial charge on any atom is -0.392 e. The zero-order valence-corrected chi connectivity index (χ0v) is 14.7. The zero-order chi connectivity index (χ0) is 15.6. The summed E-state index contributed by atoms with van der Waals surface area (Å²) in [5.74, 6) is 0. The van der Waals surface area contributed by atoms with Crippen LogP contribution in [-0.4, -0.2) is 20.1 Å². The highest BCUT2D eigenvalue weighted by Crippen LogP contribution is 2.26. The fraction of sp³-hybridized carbons (Fsp3) is 0.571. The van der Waals surface area contributed by atoms with Crippen LogP contribution in [0.5, 0.6) is 0 Å². The molecule has 0 atom stereocenters. The molecule has 0 aliphatic heterocycles. The number of sulfonamides is 1. The molecule has 0 saturated carbocycles. The smallest absolute Gasteiger partial charge is 0.240 e. The molecule has 0 radical (unpaired) electrons. The normalized spacial score (nSPS) is 12.7. The second kappa shape index (κ2) is 6.56. The molecule has 1 aromatic carbocycles. The predicted octanol–water partition coefficient (Wildman–Crippen LogP) is 2.96. The van der Waals surface area contributed by atoms with Gasteiger partial charge in [0.2, 0.25) is 10.0 Å². The molecule has 0 heterocycles. The molecule has 0 spiro atoms. The van der Waals surface area contributed by atoms with E-state index in [-0.39, 0.29) is 16.9 Å². The highest BCUT2D eigenvalue weighted by Gasteiger charge is 2.20. The SMILES string of the molecule is Cc1c(Br)cc(CO)cc1S(=O)(=O)NCCC(C)(C)C. The van der Waals surface area contributed by atoms with Crippen LogP contribution in [0.4, 0.5) is 0 Å². The van der Waals surface area contributed by atoms with Gasteiger partial charge in [0.15, 0.2) is 0 Å². The number of aliphatic hydroxyl groups is 1. The largest absolute Gasteiger partial charge is 0.392 e. The molecule has 114 valence electrons. The van der Waals surface area contributed by atoms with E-state index in [0.29, 0.717) is 22.1 Å². The summed E-state index contributed by atoms with van der Waals surface area (Å²) in [4.78, 5) is 0.213. The van der Waals surface area contributed by atoms with E-state index < -0.39 is 10.0 Å². The lowest BCUT2D eigenvalue weighted by Crippen LogP contribution is -2.28. The van der Waals surface area contributed by atoms with Crippen LogP contribution in [0.15, 0.2) is 21.5 Å². The minimum absolute atomic E-state index is 0.0745. The topological polar surface area (TPSA) is 66.4 Å². The van der Waals surface area contributed by atoms with Crippen molar-refractivity contribution < 1.29 is 13.5 Å². The first-order chi connectivity index (χ1) is 9.07. The number of aliphatic hydroxyl groups excluding tert-OH is 1. The van der Waals surface area contributed by atoms with Crippen LogP contribution in [0, 0.1) is 12.3 Å². The number of benzene rings is 1. The van der Waals surface area contributed by atoms with E-state index in [4.69, 9.17) is 0 Å². The Bertz CT molecular complexity index is 577. The summed E-state index contributed by atoms with van der Waals surface area (Å²) in [6.45, 7) is 8.14. The Balaban J connectivity index is 3.01. The van der Waals surface area contributed by atoms with Crippen molar-refractivity contribution in [3.8, 4) is 0 Å². The summed E-state index contributed by atoms with van der Waals surface area (Å²) < 4.78 is 28.0. The lowest BCUT2D eigenvalue weighted by molar-refractivity contribution is 0.281. The second-order valence-corrected chi connectivity index (χ2v) is 8.66. The number of rotatable bonds is 5. The van der Waals surface area contributed by atoms with Crippen LogP contribution in [0.1, 0.15) is 38.3 Å². The van der Waals surface area contributed by atoms with Gasteiger partial charge in [0.25, 0.3) is 0 Å². The number of hydrogen-bond acceptors (Lipinski definition) is 3. The van der Waals surface area contributed by atoms with E-state index in [1.807, 2.05) is 0 Å². The predicted molar refractivity (Wildman–Crippen MR) is 84.1 cm³/mol. The Kier molecular flexibility index (Phi) is 5.78. The van der Waals surface area contributed by atoms with Crippen molar-refractivity contribution in [3.63, 3.8) is 0 Å². The molecule has 20 heavy (non-hydrogen) atoms. The molecule has 0 fully saturated rings. The molecule has 0 aliphatic rings. The Labute approximate surface area is 129 Å². The van der Waals surface area contributed by atoms with Crippen LogP contribution in [0.25, 0.3) is 0 Å². The summed E-state index contributed by atoms with van der Waals surface area (Å²) in [5.41, 5.74) is 1.29. The van der Waals surface area contributed by atoms with Gasteiger partial charge in [-0.3, -0.25) is 0 Å². The number of nitrogens with one attached hydrogen (secondary N) is 1. The van der Waals surface area contributed by atoms with Crippen molar-refractivity contribution >= 4 is 26.0 Å². The van der Waals surface area contributed by atoms with Crippen molar-refractivity contribution in [2.45, 2.75) is 45.6 Å². The van der Waals surface area contributed by atoms with Gasteiger partial charge < -0.3 is 5.11 Å². The molecule has 1 rings (SSSR count). The lowest BCUT2D eigenvalue weighted by Gasteiger charge is -2.18. The molecule has 1 aromatic rings.